The van der Waals surface area contributed by atoms with Crippen molar-refractivity contribution in [2.45, 2.75) is 12.4 Å². The summed E-state index contributed by atoms with van der Waals surface area (Å²) in [5.41, 5.74) is 3.13. The van der Waals surface area contributed by atoms with Gasteiger partial charge in [0.15, 0.2) is 0 Å². The summed E-state index contributed by atoms with van der Waals surface area (Å²) in [6, 6.07) is 0. The maximum absolute atomic E-state index is 11.4. The maximum Gasteiger partial charge on any atom is 0.415 e. The van der Waals surface area contributed by atoms with E-state index in [2.05, 4.69) is 12.3 Å². The van der Waals surface area contributed by atoms with Gasteiger partial charge in [-0.1, -0.05) is 6.58 Å². The average Bonchev–Trinajstić information content (AvgIpc) is 1.62. The zero-order chi connectivity index (χ0) is 7.65. The van der Waals surface area contributed by atoms with Gasteiger partial charge in [-0.2, -0.15) is 13.2 Å². The topological polar surface area (TPSA) is 46.2 Å². The quantitative estimate of drug-likeness (QED) is 0.409. The normalized spacial score (nSPS) is 15.2. The molecule has 0 aromatic carbocycles. The van der Waals surface area contributed by atoms with E-state index in [1.54, 1.807) is 0 Å². The van der Waals surface area contributed by atoms with Crippen molar-refractivity contribution < 1.29 is 18.3 Å². The molecular weight excluding hydrogens is 135 g/mol. The molecule has 0 saturated heterocycles. The first-order chi connectivity index (χ1) is 3.85. The van der Waals surface area contributed by atoms with E-state index in [-0.39, 0.29) is 0 Å². The fourth-order valence-electron chi connectivity index (χ4n) is 0.168. The van der Waals surface area contributed by atoms with Crippen LogP contribution in [0.25, 0.3) is 0 Å². The Hall–Kier alpha value is -0.550. The minimum Gasteiger partial charge on any atom is -0.375 e. The monoisotopic (exact) mass is 141 g/mol. The van der Waals surface area contributed by atoms with Gasteiger partial charge in [-0.05, 0) is 0 Å². The lowest BCUT2D eigenvalue weighted by molar-refractivity contribution is -0.104. The largest absolute Gasteiger partial charge is 0.415 e. The Morgan fingerprint density at radius 2 is 1.89 bits per heavy atom. The van der Waals surface area contributed by atoms with E-state index in [1.807, 2.05) is 0 Å². The third-order valence-electron chi connectivity index (χ3n) is 0.721. The van der Waals surface area contributed by atoms with Crippen molar-refractivity contribution in [3.63, 3.8) is 0 Å². The molecule has 0 unspecified atom stereocenters. The Balaban J connectivity index is 4.06. The highest BCUT2D eigenvalue weighted by molar-refractivity contribution is 5.06. The molecule has 0 bridgehead atoms. The van der Waals surface area contributed by atoms with Gasteiger partial charge in [-0.25, -0.2) is 0 Å². The van der Waals surface area contributed by atoms with Crippen molar-refractivity contribution >= 4 is 0 Å². The lowest BCUT2D eigenvalue weighted by atomic mass is 10.3. The second-order valence-corrected chi connectivity index (χ2v) is 1.47. The Kier molecular flexibility index (Phi) is 2.22. The van der Waals surface area contributed by atoms with Crippen LogP contribution in [0.1, 0.15) is 0 Å². The second kappa shape index (κ2) is 2.36. The van der Waals surface area contributed by atoms with Gasteiger partial charge in [0.1, 0.15) is 6.23 Å². The SMILES string of the molecule is C=C([C@@H](N)O)C(F)(F)F. The van der Waals surface area contributed by atoms with Crippen LogP contribution in [-0.4, -0.2) is 17.5 Å². The first kappa shape index (κ1) is 8.45. The van der Waals surface area contributed by atoms with E-state index in [1.165, 1.54) is 0 Å². The number of hydrogen-bond acceptors (Lipinski definition) is 2. The molecule has 0 aliphatic carbocycles. The molecule has 0 aliphatic rings. The predicted octanol–water partition coefficient (Wildman–Crippen LogP) is 0.382. The van der Waals surface area contributed by atoms with Gasteiger partial charge in [0.2, 0.25) is 0 Å². The molecule has 0 amide bonds. The average molecular weight is 141 g/mol. The number of alkyl halides is 3. The molecule has 0 fully saturated rings. The Morgan fingerprint density at radius 1 is 1.56 bits per heavy atom. The number of aliphatic hydroxyl groups excluding tert-OH is 1. The smallest absolute Gasteiger partial charge is 0.375 e. The second-order valence-electron chi connectivity index (χ2n) is 1.47. The Morgan fingerprint density at radius 3 is 1.89 bits per heavy atom. The van der Waals surface area contributed by atoms with Crippen molar-refractivity contribution in [2.24, 2.45) is 5.73 Å². The standard InChI is InChI=1S/C4H6F3NO/c1-2(3(8)9)4(5,6)7/h3,9H,1,8H2/t3-/m0/s1. The molecule has 0 saturated carbocycles. The fraction of sp³-hybridized carbons (Fsp3) is 0.500. The molecule has 0 aromatic heterocycles. The molecule has 0 radical (unpaired) electrons. The van der Waals surface area contributed by atoms with Crippen LogP contribution < -0.4 is 5.73 Å². The first-order valence-electron chi connectivity index (χ1n) is 2.05. The van der Waals surface area contributed by atoms with E-state index >= 15 is 0 Å². The molecule has 3 N–H and O–H groups in total. The molecular formula is C4H6F3NO. The van der Waals surface area contributed by atoms with Gasteiger partial charge >= 0.3 is 6.18 Å². The van der Waals surface area contributed by atoms with Crippen LogP contribution in [0.15, 0.2) is 12.2 Å². The Bertz CT molecular complexity index is 117. The zero-order valence-corrected chi connectivity index (χ0v) is 4.44. The van der Waals surface area contributed by atoms with Crippen molar-refractivity contribution in [1.29, 1.82) is 0 Å². The minimum atomic E-state index is -4.59. The highest BCUT2D eigenvalue weighted by atomic mass is 19.4. The molecule has 1 atom stereocenters. The molecule has 2 nitrogen and oxygen atoms in total. The van der Waals surface area contributed by atoms with Gasteiger partial charge in [-0.3, -0.25) is 0 Å². The predicted molar refractivity (Wildman–Crippen MR) is 25.4 cm³/mol. The summed E-state index contributed by atoms with van der Waals surface area (Å²) in [6.45, 7) is 2.53. The highest BCUT2D eigenvalue weighted by Crippen LogP contribution is 2.24. The summed E-state index contributed by atoms with van der Waals surface area (Å²) in [6.07, 6.45) is -6.60. The summed E-state index contributed by atoms with van der Waals surface area (Å²) in [5, 5.41) is 8.11. The van der Waals surface area contributed by atoms with Crippen LogP contribution in [0, 0.1) is 0 Å². The number of nitrogens with two attached hydrogens (primary N) is 1. The molecule has 0 aromatic rings. The lowest BCUT2D eigenvalue weighted by Gasteiger charge is -2.10. The van der Waals surface area contributed by atoms with Crippen LogP contribution in [-0.2, 0) is 0 Å². The summed E-state index contributed by atoms with van der Waals surface area (Å²) < 4.78 is 34.1. The third-order valence-corrected chi connectivity index (χ3v) is 0.721. The van der Waals surface area contributed by atoms with E-state index in [4.69, 9.17) is 5.11 Å². The first-order valence-corrected chi connectivity index (χ1v) is 2.05. The van der Waals surface area contributed by atoms with E-state index in [9.17, 15) is 13.2 Å². The summed E-state index contributed by atoms with van der Waals surface area (Å²) >= 11 is 0. The lowest BCUT2D eigenvalue weighted by Crippen LogP contribution is -2.30. The van der Waals surface area contributed by atoms with Crippen LogP contribution >= 0.6 is 0 Å². The highest BCUT2D eigenvalue weighted by Gasteiger charge is 2.34. The van der Waals surface area contributed by atoms with Crippen LogP contribution in [0.5, 0.6) is 0 Å². The van der Waals surface area contributed by atoms with Gasteiger partial charge in [0.25, 0.3) is 0 Å². The molecule has 0 spiro atoms. The number of aliphatic hydroxyl groups is 1. The van der Waals surface area contributed by atoms with Gasteiger partial charge in [-0.15, -0.1) is 0 Å². The Labute approximate surface area is 49.8 Å². The molecule has 5 heteroatoms. The van der Waals surface area contributed by atoms with E-state index < -0.39 is 18.0 Å². The summed E-state index contributed by atoms with van der Waals surface area (Å²) in [7, 11) is 0. The van der Waals surface area contributed by atoms with E-state index in [0.29, 0.717) is 0 Å². The number of halogens is 3. The molecule has 0 aliphatic heterocycles. The van der Waals surface area contributed by atoms with Crippen LogP contribution in [0.3, 0.4) is 0 Å². The summed E-state index contributed by atoms with van der Waals surface area (Å²) in [5.74, 6) is 0. The third kappa shape index (κ3) is 2.48. The van der Waals surface area contributed by atoms with Crippen LogP contribution in [0.2, 0.25) is 0 Å². The molecule has 0 rings (SSSR count). The van der Waals surface area contributed by atoms with Crippen molar-refractivity contribution in [1.82, 2.24) is 0 Å². The number of rotatable bonds is 1. The van der Waals surface area contributed by atoms with Gasteiger partial charge in [0, 0.05) is 0 Å². The van der Waals surface area contributed by atoms with Gasteiger partial charge < -0.3 is 10.8 Å². The minimum absolute atomic E-state index is 1.33. The van der Waals surface area contributed by atoms with Crippen molar-refractivity contribution in [3.8, 4) is 0 Å². The molecule has 54 valence electrons. The fourth-order valence-corrected chi connectivity index (χ4v) is 0.168. The molecule has 9 heavy (non-hydrogen) atoms. The van der Waals surface area contributed by atoms with Crippen molar-refractivity contribution in [3.05, 3.63) is 12.2 Å². The maximum atomic E-state index is 11.4. The summed E-state index contributed by atoms with van der Waals surface area (Å²) in [4.78, 5) is 0. The zero-order valence-electron chi connectivity index (χ0n) is 4.44. The van der Waals surface area contributed by atoms with Crippen LogP contribution in [0.4, 0.5) is 13.2 Å². The van der Waals surface area contributed by atoms with E-state index in [0.717, 1.165) is 0 Å². The van der Waals surface area contributed by atoms with Gasteiger partial charge in [0.05, 0.1) is 5.57 Å². The van der Waals surface area contributed by atoms with Crippen molar-refractivity contribution in [2.75, 3.05) is 0 Å². The number of hydrogen-bond donors (Lipinski definition) is 2. The molecule has 0 heterocycles.